The Hall–Kier alpha value is -1.51. The number of anilines is 1. The fourth-order valence-electron chi connectivity index (χ4n) is 2.48. The second-order valence-electron chi connectivity index (χ2n) is 5.32. The highest BCUT2D eigenvalue weighted by Gasteiger charge is 2.31. The Morgan fingerprint density at radius 3 is 2.78 bits per heavy atom. The number of benzene rings is 1. The lowest BCUT2D eigenvalue weighted by Crippen LogP contribution is -2.10. The molecule has 1 aromatic carbocycles. The lowest BCUT2D eigenvalue weighted by Gasteiger charge is -2.13. The van der Waals surface area contributed by atoms with Gasteiger partial charge in [-0.05, 0) is 38.8 Å². The number of ketones is 1. The zero-order valence-electron chi connectivity index (χ0n) is 11.5. The molecule has 0 spiro atoms. The molecule has 0 aliphatic carbocycles. The first-order chi connectivity index (χ1) is 8.41. The number of nitrogens with two attached hydrogens (primary N) is 1. The van der Waals surface area contributed by atoms with Crippen LogP contribution in [-0.2, 0) is 11.2 Å². The van der Waals surface area contributed by atoms with E-state index in [1.165, 1.54) is 5.56 Å². The zero-order chi connectivity index (χ0) is 13.4. The molecule has 1 aliphatic rings. The summed E-state index contributed by atoms with van der Waals surface area (Å²) in [6, 6.07) is 2.12. The minimum absolute atomic E-state index is 0. The predicted molar refractivity (Wildman–Crippen MR) is 75.2 cm³/mol. The van der Waals surface area contributed by atoms with E-state index in [0.717, 1.165) is 22.6 Å². The summed E-state index contributed by atoms with van der Waals surface area (Å²) in [6.45, 7) is 7.87. The highest BCUT2D eigenvalue weighted by atomic mass is 16.5. The van der Waals surface area contributed by atoms with Crippen LogP contribution in [0.2, 0.25) is 0 Å². The van der Waals surface area contributed by atoms with E-state index in [0.29, 0.717) is 18.8 Å². The maximum Gasteiger partial charge on any atom is 0.130 e. The zero-order valence-corrected chi connectivity index (χ0v) is 11.5. The van der Waals surface area contributed by atoms with Crippen LogP contribution in [0.4, 0.5) is 5.69 Å². The molecule has 1 aliphatic heterocycles. The van der Waals surface area contributed by atoms with Crippen LogP contribution in [-0.4, -0.2) is 11.9 Å². The molecule has 0 bridgehead atoms. The van der Waals surface area contributed by atoms with Gasteiger partial charge in [-0.15, -0.1) is 0 Å². The van der Waals surface area contributed by atoms with Gasteiger partial charge in [0.15, 0.2) is 0 Å². The lowest BCUT2D eigenvalue weighted by molar-refractivity contribution is -0.116. The Morgan fingerprint density at radius 1 is 1.50 bits per heavy atom. The van der Waals surface area contributed by atoms with Crippen LogP contribution in [0.25, 0.3) is 0 Å². The molecule has 2 rings (SSSR count). The van der Waals surface area contributed by atoms with E-state index in [1.54, 1.807) is 6.92 Å². The maximum atomic E-state index is 11.2. The number of nitrogen functional groups attached to an aromatic ring is 1. The molecule has 0 radical (unpaired) electrons. The molecule has 100 valence electrons. The Morgan fingerprint density at radius 2 is 2.17 bits per heavy atom. The summed E-state index contributed by atoms with van der Waals surface area (Å²) in [5.74, 6) is 1.48. The molecule has 0 saturated carbocycles. The molecule has 1 aromatic rings. The van der Waals surface area contributed by atoms with Crippen molar-refractivity contribution < 1.29 is 11.0 Å². The van der Waals surface area contributed by atoms with Crippen LogP contribution >= 0.6 is 0 Å². The minimum atomic E-state index is 0. The predicted octanol–water partition coefficient (Wildman–Crippen LogP) is 3.23. The van der Waals surface area contributed by atoms with Gasteiger partial charge in [-0.2, -0.15) is 0 Å². The van der Waals surface area contributed by atoms with Crippen molar-refractivity contribution in [3.8, 4) is 5.75 Å². The van der Waals surface area contributed by atoms with E-state index in [2.05, 4.69) is 19.9 Å². The molecule has 0 amide bonds. The first-order valence-electron chi connectivity index (χ1n) is 6.49. The number of hydrogen-bond acceptors (Lipinski definition) is 3. The number of hydrogen-bond donors (Lipinski definition) is 1. The highest BCUT2D eigenvalue weighted by molar-refractivity contribution is 5.76. The normalized spacial score (nSPS) is 21.6. The summed E-state index contributed by atoms with van der Waals surface area (Å²) in [7, 11) is 0. The van der Waals surface area contributed by atoms with Crippen molar-refractivity contribution in [2.75, 3.05) is 5.73 Å². The number of rotatable bonds is 3. The van der Waals surface area contributed by atoms with Crippen LogP contribution in [0.5, 0.6) is 5.75 Å². The van der Waals surface area contributed by atoms with E-state index in [1.807, 2.05) is 6.92 Å². The minimum Gasteiger partial charge on any atom is -0.489 e. The topological polar surface area (TPSA) is 52.3 Å². The number of carbonyl (C=O) groups excluding carboxylic acids is 1. The Labute approximate surface area is 110 Å². The van der Waals surface area contributed by atoms with Crippen LogP contribution < -0.4 is 10.5 Å². The molecule has 0 fully saturated rings. The van der Waals surface area contributed by atoms with Gasteiger partial charge in [-0.1, -0.05) is 6.92 Å². The fraction of sp³-hybridized carbons (Fsp3) is 0.533. The highest BCUT2D eigenvalue weighted by Crippen LogP contribution is 2.44. The molecule has 0 saturated heterocycles. The van der Waals surface area contributed by atoms with Crippen molar-refractivity contribution in [3.05, 3.63) is 22.8 Å². The fourth-order valence-corrected chi connectivity index (χ4v) is 2.48. The maximum absolute atomic E-state index is 11.2. The summed E-state index contributed by atoms with van der Waals surface area (Å²) >= 11 is 0. The van der Waals surface area contributed by atoms with E-state index in [-0.39, 0.29) is 13.3 Å². The SMILES string of the molecule is CC(=O)CCc1c(N)c(C)cc2c1OC(C)C2C.[HH]. The largest absolute Gasteiger partial charge is 0.489 e. The molecule has 2 unspecified atom stereocenters. The molecule has 0 aromatic heterocycles. The van der Waals surface area contributed by atoms with Gasteiger partial charge < -0.3 is 15.3 Å². The van der Waals surface area contributed by atoms with Gasteiger partial charge in [0, 0.05) is 30.6 Å². The van der Waals surface area contributed by atoms with Crippen LogP contribution in [0, 0.1) is 6.92 Å². The summed E-state index contributed by atoms with van der Waals surface area (Å²) in [5, 5.41) is 0. The standard InChI is InChI=1S/C15H21NO2.H2/c1-8-7-13-10(3)11(4)18-15(13)12(14(8)16)6-5-9(2)17;/h7,10-11H,5-6,16H2,1-4H3;1H. The van der Waals surface area contributed by atoms with Crippen molar-refractivity contribution >= 4 is 11.5 Å². The Kier molecular flexibility index (Phi) is 3.33. The number of Topliss-reactive ketones (excluding diaryl/α,β-unsaturated/α-hetero) is 1. The van der Waals surface area contributed by atoms with Gasteiger partial charge in [0.2, 0.25) is 0 Å². The van der Waals surface area contributed by atoms with Gasteiger partial charge in [0.25, 0.3) is 0 Å². The van der Waals surface area contributed by atoms with E-state index in [4.69, 9.17) is 10.5 Å². The van der Waals surface area contributed by atoms with Gasteiger partial charge >= 0.3 is 0 Å². The molecular weight excluding hydrogens is 226 g/mol. The molecule has 18 heavy (non-hydrogen) atoms. The monoisotopic (exact) mass is 249 g/mol. The number of fused-ring (bicyclic) bond motifs is 1. The Balaban J connectivity index is 0.00000180. The van der Waals surface area contributed by atoms with Crippen molar-refractivity contribution in [1.29, 1.82) is 0 Å². The first kappa shape index (κ1) is 12.9. The van der Waals surface area contributed by atoms with Crippen LogP contribution in [0.15, 0.2) is 6.07 Å². The quantitative estimate of drug-likeness (QED) is 0.837. The summed E-state index contributed by atoms with van der Waals surface area (Å²) in [5.41, 5.74) is 10.2. The van der Waals surface area contributed by atoms with Gasteiger partial charge in [0.1, 0.15) is 17.6 Å². The Bertz CT molecular complexity index is 499. The molecule has 2 atom stereocenters. The lowest BCUT2D eigenvalue weighted by atomic mass is 9.92. The van der Waals surface area contributed by atoms with Crippen LogP contribution in [0.3, 0.4) is 0 Å². The number of carbonyl (C=O) groups is 1. The smallest absolute Gasteiger partial charge is 0.130 e. The van der Waals surface area contributed by atoms with Crippen molar-refractivity contribution in [3.63, 3.8) is 0 Å². The second-order valence-corrected chi connectivity index (χ2v) is 5.32. The average molecular weight is 249 g/mol. The van der Waals surface area contributed by atoms with Gasteiger partial charge in [0.05, 0.1) is 0 Å². The third kappa shape index (κ3) is 2.09. The van der Waals surface area contributed by atoms with E-state index < -0.39 is 0 Å². The molecule has 3 heteroatoms. The third-order valence-corrected chi connectivity index (χ3v) is 3.88. The third-order valence-electron chi connectivity index (χ3n) is 3.88. The summed E-state index contributed by atoms with van der Waals surface area (Å²) in [4.78, 5) is 11.2. The van der Waals surface area contributed by atoms with E-state index >= 15 is 0 Å². The molecule has 3 nitrogen and oxygen atoms in total. The van der Waals surface area contributed by atoms with Crippen molar-refractivity contribution in [1.82, 2.24) is 0 Å². The second kappa shape index (κ2) is 4.63. The molecule has 1 heterocycles. The summed E-state index contributed by atoms with van der Waals surface area (Å²) in [6.07, 6.45) is 1.37. The number of aryl methyl sites for hydroxylation is 1. The van der Waals surface area contributed by atoms with Gasteiger partial charge in [-0.3, -0.25) is 0 Å². The van der Waals surface area contributed by atoms with Crippen molar-refractivity contribution in [2.24, 2.45) is 0 Å². The molecular formula is C15H23NO2. The average Bonchev–Trinajstić information content (AvgIpc) is 2.56. The first-order valence-corrected chi connectivity index (χ1v) is 6.49. The van der Waals surface area contributed by atoms with E-state index in [9.17, 15) is 4.79 Å². The van der Waals surface area contributed by atoms with Crippen molar-refractivity contribution in [2.45, 2.75) is 52.6 Å². The van der Waals surface area contributed by atoms with Gasteiger partial charge in [-0.25, -0.2) is 0 Å². The van der Waals surface area contributed by atoms with Crippen LogP contribution in [0.1, 0.15) is 51.2 Å². The summed E-state index contributed by atoms with van der Waals surface area (Å²) < 4.78 is 5.93. The molecule has 2 N–H and O–H groups in total. The number of ether oxygens (including phenoxy) is 1.